The first-order valence-electron chi connectivity index (χ1n) is 8.72. The summed E-state index contributed by atoms with van der Waals surface area (Å²) < 4.78 is 5.74. The van der Waals surface area contributed by atoms with Crippen LogP contribution in [-0.2, 0) is 4.79 Å². The predicted molar refractivity (Wildman–Crippen MR) is 107 cm³/mol. The van der Waals surface area contributed by atoms with Gasteiger partial charge in [-0.2, -0.15) is 10.2 Å². The minimum atomic E-state index is -0.608. The summed E-state index contributed by atoms with van der Waals surface area (Å²) in [6.07, 6.45) is -0.608. The van der Waals surface area contributed by atoms with Gasteiger partial charge in [0, 0.05) is 5.69 Å². The zero-order chi connectivity index (χ0) is 19.1. The zero-order valence-electron chi connectivity index (χ0n) is 15.3. The van der Waals surface area contributed by atoms with E-state index in [1.807, 2.05) is 61.5 Å². The Balaban J connectivity index is 1.58. The average Bonchev–Trinajstić information content (AvgIpc) is 2.70. The summed E-state index contributed by atoms with van der Waals surface area (Å²) in [5.41, 5.74) is 3.17. The van der Waals surface area contributed by atoms with Crippen molar-refractivity contribution in [2.45, 2.75) is 20.0 Å². The molecule has 1 atom stereocenters. The van der Waals surface area contributed by atoms with Crippen LogP contribution in [0, 0.1) is 6.92 Å². The number of rotatable bonds is 6. The van der Waals surface area contributed by atoms with Crippen LogP contribution in [0.1, 0.15) is 12.5 Å². The maximum atomic E-state index is 12.3. The van der Waals surface area contributed by atoms with Crippen molar-refractivity contribution in [3.63, 3.8) is 0 Å². The van der Waals surface area contributed by atoms with Gasteiger partial charge in [0.2, 0.25) is 0 Å². The fourth-order valence-corrected chi connectivity index (χ4v) is 2.40. The van der Waals surface area contributed by atoms with Gasteiger partial charge >= 0.3 is 0 Å². The number of azo groups is 1. The molecule has 5 heteroatoms. The van der Waals surface area contributed by atoms with Gasteiger partial charge in [-0.15, -0.1) is 0 Å². The molecule has 0 heterocycles. The number of benzene rings is 3. The van der Waals surface area contributed by atoms with Gasteiger partial charge in [0.25, 0.3) is 5.91 Å². The van der Waals surface area contributed by atoms with Crippen LogP contribution in [0.3, 0.4) is 0 Å². The van der Waals surface area contributed by atoms with Crippen molar-refractivity contribution in [2.24, 2.45) is 10.2 Å². The van der Waals surface area contributed by atoms with Gasteiger partial charge < -0.3 is 10.1 Å². The second kappa shape index (κ2) is 8.76. The summed E-state index contributed by atoms with van der Waals surface area (Å²) in [4.78, 5) is 12.3. The maximum Gasteiger partial charge on any atom is 0.265 e. The van der Waals surface area contributed by atoms with Gasteiger partial charge in [-0.25, -0.2) is 0 Å². The van der Waals surface area contributed by atoms with Crippen molar-refractivity contribution in [3.05, 3.63) is 84.4 Å². The Labute approximate surface area is 158 Å². The van der Waals surface area contributed by atoms with Crippen molar-refractivity contribution in [2.75, 3.05) is 5.32 Å². The molecule has 0 aromatic heterocycles. The van der Waals surface area contributed by atoms with Crippen LogP contribution >= 0.6 is 0 Å². The normalized spacial score (nSPS) is 11.9. The zero-order valence-corrected chi connectivity index (χ0v) is 15.3. The van der Waals surface area contributed by atoms with E-state index in [0.717, 1.165) is 11.3 Å². The van der Waals surface area contributed by atoms with Gasteiger partial charge in [-0.3, -0.25) is 4.79 Å². The van der Waals surface area contributed by atoms with Gasteiger partial charge in [0.1, 0.15) is 5.75 Å². The Hall–Kier alpha value is -3.47. The van der Waals surface area contributed by atoms with Gasteiger partial charge in [0.05, 0.1) is 11.4 Å². The quantitative estimate of drug-likeness (QED) is 0.564. The third kappa shape index (κ3) is 5.25. The fraction of sp³-hybridized carbons (Fsp3) is 0.136. The van der Waals surface area contributed by atoms with E-state index in [9.17, 15) is 4.79 Å². The van der Waals surface area contributed by atoms with E-state index < -0.39 is 6.10 Å². The molecule has 0 spiro atoms. The number of nitrogens with one attached hydrogen (secondary N) is 1. The van der Waals surface area contributed by atoms with Crippen molar-refractivity contribution < 1.29 is 9.53 Å². The Morgan fingerprint density at radius 1 is 0.852 bits per heavy atom. The summed E-state index contributed by atoms with van der Waals surface area (Å²) in [6.45, 7) is 3.67. The number of aryl methyl sites for hydroxylation is 1. The molecule has 3 aromatic rings. The summed E-state index contributed by atoms with van der Waals surface area (Å²) in [6, 6.07) is 24.3. The Morgan fingerprint density at radius 2 is 1.44 bits per heavy atom. The molecule has 0 saturated heterocycles. The van der Waals surface area contributed by atoms with Crippen LogP contribution in [-0.4, -0.2) is 12.0 Å². The molecule has 27 heavy (non-hydrogen) atoms. The average molecular weight is 359 g/mol. The second-order valence-electron chi connectivity index (χ2n) is 6.10. The summed E-state index contributed by atoms with van der Waals surface area (Å²) in [5, 5.41) is 11.2. The number of anilines is 1. The highest BCUT2D eigenvalue weighted by atomic mass is 16.5. The third-order valence-corrected chi connectivity index (χ3v) is 3.94. The molecule has 0 saturated carbocycles. The molecule has 0 bridgehead atoms. The molecular weight excluding hydrogens is 338 g/mol. The molecule has 0 aliphatic rings. The number of carbonyl (C=O) groups excluding carboxylic acids is 1. The van der Waals surface area contributed by atoms with E-state index in [1.165, 1.54) is 0 Å². The number of ether oxygens (including phenoxy) is 1. The molecule has 3 aromatic carbocycles. The van der Waals surface area contributed by atoms with E-state index in [2.05, 4.69) is 15.5 Å². The van der Waals surface area contributed by atoms with Crippen molar-refractivity contribution >= 4 is 23.0 Å². The van der Waals surface area contributed by atoms with Crippen LogP contribution in [0.4, 0.5) is 17.1 Å². The van der Waals surface area contributed by atoms with Crippen LogP contribution in [0.5, 0.6) is 5.75 Å². The lowest BCUT2D eigenvalue weighted by atomic mass is 10.2. The lowest BCUT2D eigenvalue weighted by Crippen LogP contribution is -2.30. The molecule has 136 valence electrons. The maximum absolute atomic E-state index is 12.3. The number of hydrogen-bond donors (Lipinski definition) is 1. The summed E-state index contributed by atoms with van der Waals surface area (Å²) in [7, 11) is 0. The molecule has 0 aliphatic carbocycles. The third-order valence-electron chi connectivity index (χ3n) is 3.94. The largest absolute Gasteiger partial charge is 0.481 e. The minimum absolute atomic E-state index is 0.211. The molecule has 1 unspecified atom stereocenters. The number of nitrogens with zero attached hydrogens (tertiary/aromatic N) is 2. The first kappa shape index (κ1) is 18.3. The fourth-order valence-electron chi connectivity index (χ4n) is 2.40. The molecule has 1 N–H and O–H groups in total. The van der Waals surface area contributed by atoms with Crippen molar-refractivity contribution in [1.82, 2.24) is 0 Å². The van der Waals surface area contributed by atoms with Gasteiger partial charge in [-0.1, -0.05) is 36.4 Å². The van der Waals surface area contributed by atoms with Crippen LogP contribution in [0.25, 0.3) is 0 Å². The lowest BCUT2D eigenvalue weighted by molar-refractivity contribution is -0.122. The van der Waals surface area contributed by atoms with Crippen LogP contribution < -0.4 is 10.1 Å². The van der Waals surface area contributed by atoms with Crippen molar-refractivity contribution in [3.8, 4) is 5.75 Å². The van der Waals surface area contributed by atoms with E-state index in [0.29, 0.717) is 17.1 Å². The van der Waals surface area contributed by atoms with E-state index in [4.69, 9.17) is 4.74 Å². The molecule has 5 nitrogen and oxygen atoms in total. The summed E-state index contributed by atoms with van der Waals surface area (Å²) in [5.74, 6) is 0.494. The SMILES string of the molecule is Cc1ccccc1OC(C)C(=O)Nc1ccc(N=Nc2ccccc2)cc1. The van der Waals surface area contributed by atoms with Gasteiger partial charge in [-0.05, 0) is 61.9 Å². The Kier molecular flexibility index (Phi) is 5.94. The second-order valence-corrected chi connectivity index (χ2v) is 6.10. The number of carbonyl (C=O) groups is 1. The predicted octanol–water partition coefficient (Wildman–Crippen LogP) is 5.82. The van der Waals surface area contributed by atoms with Crippen molar-refractivity contribution in [1.29, 1.82) is 0 Å². The molecule has 0 aliphatic heterocycles. The molecule has 3 rings (SSSR count). The number of para-hydroxylation sites is 1. The minimum Gasteiger partial charge on any atom is -0.481 e. The topological polar surface area (TPSA) is 63.0 Å². The summed E-state index contributed by atoms with van der Waals surface area (Å²) >= 11 is 0. The Bertz CT molecular complexity index is 922. The first-order chi connectivity index (χ1) is 13.1. The van der Waals surface area contributed by atoms with Gasteiger partial charge in [0.15, 0.2) is 6.10 Å². The highest BCUT2D eigenvalue weighted by molar-refractivity contribution is 5.94. The molecule has 1 amide bonds. The smallest absolute Gasteiger partial charge is 0.265 e. The van der Waals surface area contributed by atoms with E-state index >= 15 is 0 Å². The standard InChI is InChI=1S/C22H21N3O2/c1-16-8-6-7-11-21(16)27-17(2)22(26)23-18-12-14-20(15-13-18)25-24-19-9-4-3-5-10-19/h3-15,17H,1-2H3,(H,23,26). The number of amides is 1. The first-order valence-corrected chi connectivity index (χ1v) is 8.72. The lowest BCUT2D eigenvalue weighted by Gasteiger charge is -2.16. The highest BCUT2D eigenvalue weighted by Gasteiger charge is 2.15. The van der Waals surface area contributed by atoms with Crippen LogP contribution in [0.15, 0.2) is 89.1 Å². The number of hydrogen-bond acceptors (Lipinski definition) is 4. The molecule has 0 radical (unpaired) electrons. The Morgan fingerprint density at radius 3 is 2.11 bits per heavy atom. The highest BCUT2D eigenvalue weighted by Crippen LogP contribution is 2.21. The van der Waals surface area contributed by atoms with E-state index in [1.54, 1.807) is 31.2 Å². The molecular formula is C22H21N3O2. The molecule has 0 fully saturated rings. The van der Waals surface area contributed by atoms with Crippen LogP contribution in [0.2, 0.25) is 0 Å². The monoisotopic (exact) mass is 359 g/mol. The van der Waals surface area contributed by atoms with E-state index in [-0.39, 0.29) is 5.91 Å².